The van der Waals surface area contributed by atoms with Crippen LogP contribution >= 0.6 is 0 Å². The highest BCUT2D eigenvalue weighted by Gasteiger charge is 2.20. The van der Waals surface area contributed by atoms with E-state index in [9.17, 15) is 24.8 Å². The molecular weight excluding hydrogens is 344 g/mol. The van der Waals surface area contributed by atoms with Crippen LogP contribution in [0.15, 0.2) is 18.2 Å². The molecule has 9 nitrogen and oxygen atoms in total. The molecule has 0 bridgehead atoms. The third-order valence-electron chi connectivity index (χ3n) is 3.62. The lowest BCUT2D eigenvalue weighted by Crippen LogP contribution is -2.25. The van der Waals surface area contributed by atoms with E-state index in [0.717, 1.165) is 0 Å². The summed E-state index contributed by atoms with van der Waals surface area (Å²) < 4.78 is 5.39. The lowest BCUT2D eigenvalue weighted by molar-refractivity contribution is -0.147. The highest BCUT2D eigenvalue weighted by molar-refractivity contribution is 6.36. The van der Waals surface area contributed by atoms with E-state index in [0.29, 0.717) is 0 Å². The summed E-state index contributed by atoms with van der Waals surface area (Å²) in [5.41, 5.74) is -0.124. The van der Waals surface area contributed by atoms with Gasteiger partial charge in [-0.05, 0) is 31.9 Å². The summed E-state index contributed by atoms with van der Waals surface area (Å²) in [4.78, 5) is 33.3. The SMILES string of the molecule is CC(=O)C(CCO)CC(O)COc1cccc(NC(=O)C(=O)O)c1C#N. The number of rotatable bonds is 9. The molecule has 0 saturated carbocycles. The van der Waals surface area contributed by atoms with Crippen LogP contribution in [0.25, 0.3) is 0 Å². The molecule has 2 atom stereocenters. The van der Waals surface area contributed by atoms with Crippen molar-refractivity contribution in [3.8, 4) is 11.8 Å². The average Bonchev–Trinajstić information content (AvgIpc) is 2.59. The Morgan fingerprint density at radius 2 is 2.04 bits per heavy atom. The number of nitrogens with one attached hydrogen (secondary N) is 1. The van der Waals surface area contributed by atoms with Crippen molar-refractivity contribution in [2.45, 2.75) is 25.9 Å². The van der Waals surface area contributed by atoms with Crippen LogP contribution in [0.2, 0.25) is 0 Å². The number of aliphatic carboxylic acids is 1. The largest absolute Gasteiger partial charge is 0.489 e. The molecule has 1 amide bonds. The second-order valence-electron chi connectivity index (χ2n) is 5.57. The van der Waals surface area contributed by atoms with Gasteiger partial charge in [0.1, 0.15) is 29.8 Å². The van der Waals surface area contributed by atoms with Gasteiger partial charge < -0.3 is 25.4 Å². The van der Waals surface area contributed by atoms with Gasteiger partial charge in [0.05, 0.1) is 11.8 Å². The van der Waals surface area contributed by atoms with Crippen molar-refractivity contribution < 1.29 is 34.4 Å². The molecule has 0 radical (unpaired) electrons. The Morgan fingerprint density at radius 1 is 1.35 bits per heavy atom. The standard InChI is InChI=1S/C17H20N2O7/c1-10(21)11(5-6-20)7-12(22)9-26-15-4-2-3-14(13(15)8-18)19-16(23)17(24)25/h2-4,11-12,20,22H,5-7,9H2,1H3,(H,19,23)(H,24,25). The first-order valence-corrected chi connectivity index (χ1v) is 7.79. The Hall–Kier alpha value is -2.96. The number of ether oxygens (including phenoxy) is 1. The molecule has 9 heteroatoms. The zero-order valence-electron chi connectivity index (χ0n) is 14.1. The number of Topliss-reactive ketones (excluding diaryl/α,β-unsaturated/α-hetero) is 1. The Bertz CT molecular complexity index is 712. The first-order valence-electron chi connectivity index (χ1n) is 7.79. The van der Waals surface area contributed by atoms with Crippen LogP contribution in [0.3, 0.4) is 0 Å². The summed E-state index contributed by atoms with van der Waals surface area (Å²) in [6.45, 7) is 0.970. The lowest BCUT2D eigenvalue weighted by Gasteiger charge is -2.18. The predicted molar refractivity (Wildman–Crippen MR) is 89.4 cm³/mol. The van der Waals surface area contributed by atoms with E-state index in [1.54, 1.807) is 0 Å². The van der Waals surface area contributed by atoms with Gasteiger partial charge in [0.15, 0.2) is 0 Å². The number of hydrogen-bond donors (Lipinski definition) is 4. The van der Waals surface area contributed by atoms with E-state index < -0.39 is 23.9 Å². The first-order chi connectivity index (χ1) is 12.3. The maximum absolute atomic E-state index is 11.5. The van der Waals surface area contributed by atoms with E-state index in [1.807, 2.05) is 6.07 Å². The van der Waals surface area contributed by atoms with E-state index in [2.05, 4.69) is 5.32 Å². The Balaban J connectivity index is 2.81. The summed E-state index contributed by atoms with van der Waals surface area (Å²) >= 11 is 0. The van der Waals surface area contributed by atoms with Gasteiger partial charge in [0.25, 0.3) is 0 Å². The Labute approximate surface area is 149 Å². The lowest BCUT2D eigenvalue weighted by atomic mass is 9.95. The van der Waals surface area contributed by atoms with Crippen molar-refractivity contribution >= 4 is 23.3 Å². The van der Waals surface area contributed by atoms with Gasteiger partial charge in [0.2, 0.25) is 0 Å². The molecule has 1 aromatic carbocycles. The van der Waals surface area contributed by atoms with Crippen LogP contribution in [-0.2, 0) is 14.4 Å². The first kappa shape index (κ1) is 21.1. The van der Waals surface area contributed by atoms with Crippen LogP contribution in [0.1, 0.15) is 25.3 Å². The minimum absolute atomic E-state index is 0.0335. The quantitative estimate of drug-likeness (QED) is 0.456. The van der Waals surface area contributed by atoms with Crippen LogP contribution in [0, 0.1) is 17.2 Å². The minimum Gasteiger partial charge on any atom is -0.489 e. The number of carbonyl (C=O) groups is 3. The summed E-state index contributed by atoms with van der Waals surface area (Å²) in [7, 11) is 0. The van der Waals surface area contributed by atoms with E-state index in [4.69, 9.17) is 14.9 Å². The third kappa shape index (κ3) is 6.16. The van der Waals surface area contributed by atoms with Gasteiger partial charge in [-0.15, -0.1) is 0 Å². The number of carboxylic acids is 1. The zero-order valence-corrected chi connectivity index (χ0v) is 14.1. The topological polar surface area (TPSA) is 157 Å². The van der Waals surface area contributed by atoms with Gasteiger partial charge in [-0.1, -0.05) is 6.07 Å². The molecule has 4 N–H and O–H groups in total. The van der Waals surface area contributed by atoms with Crippen molar-refractivity contribution in [1.29, 1.82) is 5.26 Å². The van der Waals surface area contributed by atoms with Crippen LogP contribution < -0.4 is 10.1 Å². The molecule has 140 valence electrons. The molecule has 0 spiro atoms. The number of ketones is 1. The van der Waals surface area contributed by atoms with Gasteiger partial charge in [0, 0.05) is 12.5 Å². The summed E-state index contributed by atoms with van der Waals surface area (Å²) in [5, 5.41) is 38.9. The monoisotopic (exact) mass is 364 g/mol. The second-order valence-corrected chi connectivity index (χ2v) is 5.57. The summed E-state index contributed by atoms with van der Waals surface area (Å²) in [5.74, 6) is -3.61. The highest BCUT2D eigenvalue weighted by Crippen LogP contribution is 2.26. The molecule has 0 aliphatic carbocycles. The van der Waals surface area contributed by atoms with Crippen LogP contribution in [0.4, 0.5) is 5.69 Å². The van der Waals surface area contributed by atoms with E-state index in [-0.39, 0.29) is 48.8 Å². The zero-order chi connectivity index (χ0) is 19.7. The van der Waals surface area contributed by atoms with Gasteiger partial charge in [-0.3, -0.25) is 9.59 Å². The highest BCUT2D eigenvalue weighted by atomic mass is 16.5. The summed E-state index contributed by atoms with van der Waals surface area (Å²) in [6, 6.07) is 6.03. The fraction of sp³-hybridized carbons (Fsp3) is 0.412. The number of amides is 1. The molecule has 0 aliphatic rings. The minimum atomic E-state index is -1.70. The molecule has 0 heterocycles. The predicted octanol–water partition coefficient (Wildman–Crippen LogP) is 0.299. The van der Waals surface area contributed by atoms with Gasteiger partial charge >= 0.3 is 11.9 Å². The molecular formula is C17H20N2O7. The molecule has 2 unspecified atom stereocenters. The maximum atomic E-state index is 11.5. The number of carboxylic acid groups (broad SMARTS) is 1. The number of nitrogens with zero attached hydrogens (tertiary/aromatic N) is 1. The average molecular weight is 364 g/mol. The van der Waals surface area contributed by atoms with Crippen molar-refractivity contribution in [1.82, 2.24) is 0 Å². The normalized spacial score (nSPS) is 12.5. The second kappa shape index (κ2) is 10.1. The van der Waals surface area contributed by atoms with Crippen molar-refractivity contribution in [2.75, 3.05) is 18.5 Å². The van der Waals surface area contributed by atoms with Crippen molar-refractivity contribution in [3.05, 3.63) is 23.8 Å². The molecule has 26 heavy (non-hydrogen) atoms. The number of carbonyl (C=O) groups excluding carboxylic acids is 2. The smallest absolute Gasteiger partial charge is 0.394 e. The number of hydrogen-bond acceptors (Lipinski definition) is 7. The molecule has 0 aliphatic heterocycles. The number of benzene rings is 1. The number of anilines is 1. The molecule has 0 fully saturated rings. The van der Waals surface area contributed by atoms with Gasteiger partial charge in [-0.25, -0.2) is 4.79 Å². The van der Waals surface area contributed by atoms with Gasteiger partial charge in [-0.2, -0.15) is 5.26 Å². The third-order valence-corrected chi connectivity index (χ3v) is 3.62. The van der Waals surface area contributed by atoms with Crippen LogP contribution in [0.5, 0.6) is 5.75 Å². The Morgan fingerprint density at radius 3 is 2.58 bits per heavy atom. The van der Waals surface area contributed by atoms with E-state index in [1.165, 1.54) is 25.1 Å². The molecule has 1 rings (SSSR count). The molecule has 0 aromatic heterocycles. The number of aliphatic hydroxyl groups is 2. The van der Waals surface area contributed by atoms with E-state index >= 15 is 0 Å². The summed E-state index contributed by atoms with van der Waals surface area (Å²) in [6.07, 6.45) is -0.695. The number of aliphatic hydroxyl groups excluding tert-OH is 2. The fourth-order valence-corrected chi connectivity index (χ4v) is 2.27. The fourth-order valence-electron chi connectivity index (χ4n) is 2.27. The molecule has 0 saturated heterocycles. The number of nitriles is 1. The van der Waals surface area contributed by atoms with Crippen molar-refractivity contribution in [2.24, 2.45) is 5.92 Å². The maximum Gasteiger partial charge on any atom is 0.394 e. The van der Waals surface area contributed by atoms with Crippen LogP contribution in [-0.4, -0.2) is 52.3 Å². The Kier molecular flexibility index (Phi) is 8.21. The molecule has 1 aromatic rings. The van der Waals surface area contributed by atoms with Crippen molar-refractivity contribution in [3.63, 3.8) is 0 Å².